The Morgan fingerprint density at radius 3 is 3.15 bits per heavy atom. The highest BCUT2D eigenvalue weighted by Gasteiger charge is 2.24. The van der Waals surface area contributed by atoms with Crippen LogP contribution in [0.4, 0.5) is 0 Å². The third-order valence-electron chi connectivity index (χ3n) is 2.43. The summed E-state index contributed by atoms with van der Waals surface area (Å²) in [4.78, 5) is 1.68. The average Bonchev–Trinajstić information content (AvgIpc) is 2.59. The average molecular weight is 176 g/mol. The monoisotopic (exact) mass is 176 g/mol. The Morgan fingerprint density at radius 1 is 1.62 bits per heavy atom. The number of hydrogen-bond donors (Lipinski definition) is 0. The number of nitrogens with zero attached hydrogens (tertiary/aromatic N) is 4. The molecule has 0 saturated heterocycles. The van der Waals surface area contributed by atoms with E-state index in [1.807, 2.05) is 6.92 Å². The van der Waals surface area contributed by atoms with Crippen molar-refractivity contribution >= 4 is 0 Å². The number of nitriles is 1. The molecule has 0 saturated carbocycles. The van der Waals surface area contributed by atoms with Crippen LogP contribution in [0.5, 0.6) is 0 Å². The van der Waals surface area contributed by atoms with Crippen LogP contribution in [-0.4, -0.2) is 15.0 Å². The molecule has 0 fully saturated rings. The third kappa shape index (κ3) is 1.31. The van der Waals surface area contributed by atoms with E-state index < -0.39 is 0 Å². The molecule has 0 spiro atoms. The highest BCUT2D eigenvalue weighted by atomic mass is 15.5. The van der Waals surface area contributed by atoms with Gasteiger partial charge in [-0.25, -0.2) is 0 Å². The van der Waals surface area contributed by atoms with E-state index in [0.717, 1.165) is 37.2 Å². The van der Waals surface area contributed by atoms with E-state index in [4.69, 9.17) is 5.26 Å². The number of fused-ring (bicyclic) bond motifs is 1. The second-order valence-electron chi connectivity index (χ2n) is 3.29. The van der Waals surface area contributed by atoms with Crippen LogP contribution >= 0.6 is 0 Å². The Hall–Kier alpha value is -1.37. The van der Waals surface area contributed by atoms with Crippen molar-refractivity contribution < 1.29 is 0 Å². The standard InChI is InChI=1S/C9H12N4/c1-2-13-11-8-5-3-4-7(6-10)9(8)12-13/h7H,2-5H2,1H3. The van der Waals surface area contributed by atoms with Gasteiger partial charge in [0.25, 0.3) is 0 Å². The van der Waals surface area contributed by atoms with E-state index in [1.165, 1.54) is 0 Å². The zero-order valence-corrected chi connectivity index (χ0v) is 7.69. The van der Waals surface area contributed by atoms with Gasteiger partial charge in [0.2, 0.25) is 0 Å². The summed E-state index contributed by atoms with van der Waals surface area (Å²) in [7, 11) is 0. The van der Waals surface area contributed by atoms with E-state index in [2.05, 4.69) is 16.3 Å². The van der Waals surface area contributed by atoms with E-state index in [-0.39, 0.29) is 5.92 Å². The third-order valence-corrected chi connectivity index (χ3v) is 2.43. The summed E-state index contributed by atoms with van der Waals surface area (Å²) in [6.07, 6.45) is 2.98. The molecule has 4 nitrogen and oxygen atoms in total. The topological polar surface area (TPSA) is 54.5 Å². The summed E-state index contributed by atoms with van der Waals surface area (Å²) >= 11 is 0. The zero-order valence-electron chi connectivity index (χ0n) is 7.69. The van der Waals surface area contributed by atoms with Gasteiger partial charge in [-0.2, -0.15) is 20.3 Å². The van der Waals surface area contributed by atoms with Gasteiger partial charge >= 0.3 is 0 Å². The summed E-state index contributed by atoms with van der Waals surface area (Å²) in [6.45, 7) is 2.79. The largest absolute Gasteiger partial charge is 0.198 e. The van der Waals surface area contributed by atoms with Gasteiger partial charge in [-0.15, -0.1) is 0 Å². The van der Waals surface area contributed by atoms with Crippen molar-refractivity contribution in [3.05, 3.63) is 11.4 Å². The summed E-state index contributed by atoms with van der Waals surface area (Å²) in [6, 6.07) is 2.28. The van der Waals surface area contributed by atoms with Gasteiger partial charge in [-0.05, 0) is 26.2 Å². The molecule has 1 aromatic heterocycles. The molecule has 1 aromatic rings. The van der Waals surface area contributed by atoms with Crippen molar-refractivity contribution in [1.29, 1.82) is 5.26 Å². The van der Waals surface area contributed by atoms with Gasteiger partial charge < -0.3 is 0 Å². The van der Waals surface area contributed by atoms with Gasteiger partial charge in [0.15, 0.2) is 0 Å². The van der Waals surface area contributed by atoms with Gasteiger partial charge in [0, 0.05) is 0 Å². The first-order valence-corrected chi connectivity index (χ1v) is 4.68. The zero-order chi connectivity index (χ0) is 9.26. The quantitative estimate of drug-likeness (QED) is 0.647. The molecule has 1 unspecified atom stereocenters. The summed E-state index contributed by atoms with van der Waals surface area (Å²) in [5.74, 6) is -0.0240. The fraction of sp³-hybridized carbons (Fsp3) is 0.667. The van der Waals surface area contributed by atoms with Crippen molar-refractivity contribution in [2.24, 2.45) is 0 Å². The van der Waals surface area contributed by atoms with Gasteiger partial charge in [0.05, 0.1) is 24.2 Å². The van der Waals surface area contributed by atoms with Crippen molar-refractivity contribution in [3.8, 4) is 6.07 Å². The van der Waals surface area contributed by atoms with Crippen LogP contribution in [-0.2, 0) is 13.0 Å². The molecule has 0 aromatic carbocycles. The molecular formula is C9H12N4. The van der Waals surface area contributed by atoms with E-state index in [0.29, 0.717) is 0 Å². The second-order valence-corrected chi connectivity index (χ2v) is 3.29. The predicted octanol–water partition coefficient (Wildman–Crippen LogP) is 1.24. The molecule has 13 heavy (non-hydrogen) atoms. The smallest absolute Gasteiger partial charge is 0.103 e. The molecule has 0 N–H and O–H groups in total. The van der Waals surface area contributed by atoms with Crippen molar-refractivity contribution in [2.45, 2.75) is 38.6 Å². The Morgan fingerprint density at radius 2 is 2.46 bits per heavy atom. The number of aryl methyl sites for hydroxylation is 2. The highest BCUT2D eigenvalue weighted by molar-refractivity contribution is 5.23. The lowest BCUT2D eigenvalue weighted by Crippen LogP contribution is -2.07. The van der Waals surface area contributed by atoms with Gasteiger partial charge in [-0.1, -0.05) is 0 Å². The number of aromatic nitrogens is 3. The van der Waals surface area contributed by atoms with Gasteiger partial charge in [0.1, 0.15) is 5.69 Å². The van der Waals surface area contributed by atoms with Crippen molar-refractivity contribution in [1.82, 2.24) is 15.0 Å². The van der Waals surface area contributed by atoms with Crippen LogP contribution in [0.3, 0.4) is 0 Å². The van der Waals surface area contributed by atoms with Crippen LogP contribution in [0, 0.1) is 11.3 Å². The van der Waals surface area contributed by atoms with Crippen LogP contribution in [0.25, 0.3) is 0 Å². The molecule has 1 heterocycles. The maximum atomic E-state index is 8.89. The normalized spacial score (nSPS) is 20.8. The SMILES string of the molecule is CCn1nc2c(n1)C(C#N)CCC2. The van der Waals surface area contributed by atoms with Crippen molar-refractivity contribution in [2.75, 3.05) is 0 Å². The highest BCUT2D eigenvalue weighted by Crippen LogP contribution is 2.27. The Bertz CT molecular complexity index is 347. The summed E-state index contributed by atoms with van der Waals surface area (Å²) in [5, 5.41) is 17.5. The first-order valence-electron chi connectivity index (χ1n) is 4.68. The molecule has 1 aliphatic rings. The molecule has 4 heteroatoms. The fourth-order valence-electron chi connectivity index (χ4n) is 1.72. The first kappa shape index (κ1) is 8.24. The predicted molar refractivity (Wildman–Crippen MR) is 47.0 cm³/mol. The molecular weight excluding hydrogens is 164 g/mol. The van der Waals surface area contributed by atoms with Crippen molar-refractivity contribution in [3.63, 3.8) is 0 Å². The van der Waals surface area contributed by atoms with Gasteiger partial charge in [-0.3, -0.25) is 0 Å². The summed E-state index contributed by atoms with van der Waals surface area (Å²) in [5.41, 5.74) is 1.94. The Labute approximate surface area is 77.2 Å². The first-order chi connectivity index (χ1) is 6.35. The van der Waals surface area contributed by atoms with E-state index in [9.17, 15) is 0 Å². The van der Waals surface area contributed by atoms with Crippen LogP contribution < -0.4 is 0 Å². The summed E-state index contributed by atoms with van der Waals surface area (Å²) < 4.78 is 0. The van der Waals surface area contributed by atoms with Crippen LogP contribution in [0.2, 0.25) is 0 Å². The second kappa shape index (κ2) is 3.17. The minimum Gasteiger partial charge on any atom is -0.198 e. The van der Waals surface area contributed by atoms with E-state index >= 15 is 0 Å². The minimum absolute atomic E-state index is 0.0240. The molecule has 2 rings (SSSR count). The Balaban J connectivity index is 2.39. The molecule has 0 amide bonds. The lowest BCUT2D eigenvalue weighted by atomic mass is 9.91. The lowest BCUT2D eigenvalue weighted by Gasteiger charge is -2.11. The molecule has 0 radical (unpaired) electrons. The molecule has 1 atom stereocenters. The fourth-order valence-corrected chi connectivity index (χ4v) is 1.72. The minimum atomic E-state index is -0.0240. The van der Waals surface area contributed by atoms with Crippen LogP contribution in [0.1, 0.15) is 37.1 Å². The maximum Gasteiger partial charge on any atom is 0.103 e. The Kier molecular flexibility index (Phi) is 2.01. The molecule has 0 bridgehead atoms. The molecule has 1 aliphatic carbocycles. The number of hydrogen-bond acceptors (Lipinski definition) is 3. The molecule has 0 aliphatic heterocycles. The van der Waals surface area contributed by atoms with E-state index in [1.54, 1.807) is 4.80 Å². The van der Waals surface area contributed by atoms with Crippen LogP contribution in [0.15, 0.2) is 0 Å². The lowest BCUT2D eigenvalue weighted by molar-refractivity contribution is 0.560. The molecule has 68 valence electrons. The maximum absolute atomic E-state index is 8.89. The number of rotatable bonds is 1.